The van der Waals surface area contributed by atoms with Crippen LogP contribution in [0.5, 0.6) is 0 Å². The summed E-state index contributed by atoms with van der Waals surface area (Å²) in [7, 11) is 1.84. The molecule has 1 N–H and O–H groups in total. The van der Waals surface area contributed by atoms with Crippen molar-refractivity contribution in [1.29, 1.82) is 0 Å². The van der Waals surface area contributed by atoms with Crippen molar-refractivity contribution in [1.82, 2.24) is 24.6 Å². The molecule has 0 fully saturated rings. The fourth-order valence-corrected chi connectivity index (χ4v) is 3.35. The van der Waals surface area contributed by atoms with E-state index in [0.717, 1.165) is 28.2 Å². The number of rotatable bonds is 6. The van der Waals surface area contributed by atoms with Crippen LogP contribution < -0.4 is 0 Å². The highest BCUT2D eigenvalue weighted by atomic mass is 16.2. The maximum Gasteiger partial charge on any atom is 0.275 e. The van der Waals surface area contributed by atoms with Crippen LogP contribution in [0.2, 0.25) is 0 Å². The SMILES string of the molecule is Cc1cc(C(=O)N(Cc2ncc[nH]2)Cc2ccccc2-c2ccccc2)nn1C. The third-order valence-corrected chi connectivity index (χ3v) is 4.98. The zero-order valence-corrected chi connectivity index (χ0v) is 16.5. The number of aromatic nitrogens is 4. The van der Waals surface area contributed by atoms with E-state index in [0.29, 0.717) is 18.8 Å². The Labute approximate surface area is 169 Å². The predicted octanol–water partition coefficient (Wildman–Crippen LogP) is 3.96. The third kappa shape index (κ3) is 4.11. The van der Waals surface area contributed by atoms with Gasteiger partial charge in [0.15, 0.2) is 5.69 Å². The fraction of sp³-hybridized carbons (Fsp3) is 0.174. The predicted molar refractivity (Wildman–Crippen MR) is 112 cm³/mol. The first kappa shape index (κ1) is 18.7. The third-order valence-electron chi connectivity index (χ3n) is 4.98. The van der Waals surface area contributed by atoms with Gasteiger partial charge in [0, 0.05) is 31.7 Å². The van der Waals surface area contributed by atoms with E-state index in [-0.39, 0.29) is 5.91 Å². The molecule has 0 saturated carbocycles. The Kier molecular flexibility index (Phi) is 5.24. The van der Waals surface area contributed by atoms with Gasteiger partial charge in [0.25, 0.3) is 5.91 Å². The molecule has 4 rings (SSSR count). The van der Waals surface area contributed by atoms with Crippen LogP contribution in [-0.2, 0) is 20.1 Å². The van der Waals surface area contributed by atoms with Gasteiger partial charge in [-0.1, -0.05) is 54.6 Å². The van der Waals surface area contributed by atoms with Crippen LogP contribution in [0.15, 0.2) is 73.1 Å². The van der Waals surface area contributed by atoms with Crippen molar-refractivity contribution in [3.05, 3.63) is 95.8 Å². The molecule has 6 nitrogen and oxygen atoms in total. The Morgan fingerprint density at radius 2 is 1.83 bits per heavy atom. The minimum atomic E-state index is -0.118. The van der Waals surface area contributed by atoms with Gasteiger partial charge < -0.3 is 9.88 Å². The highest BCUT2D eigenvalue weighted by molar-refractivity contribution is 5.92. The van der Waals surface area contributed by atoms with Crippen LogP contribution in [0.3, 0.4) is 0 Å². The maximum absolute atomic E-state index is 13.3. The van der Waals surface area contributed by atoms with Crippen molar-refractivity contribution in [2.75, 3.05) is 0 Å². The molecule has 0 aliphatic carbocycles. The normalized spacial score (nSPS) is 10.8. The summed E-state index contributed by atoms with van der Waals surface area (Å²) in [5, 5.41) is 4.38. The smallest absolute Gasteiger partial charge is 0.275 e. The van der Waals surface area contributed by atoms with Crippen molar-refractivity contribution >= 4 is 5.91 Å². The lowest BCUT2D eigenvalue weighted by atomic mass is 9.99. The molecule has 2 aromatic carbocycles. The average Bonchev–Trinajstić information content (AvgIpc) is 3.38. The second kappa shape index (κ2) is 8.14. The summed E-state index contributed by atoms with van der Waals surface area (Å²) in [6, 6.07) is 20.2. The van der Waals surface area contributed by atoms with Gasteiger partial charge in [-0.2, -0.15) is 5.10 Å². The van der Waals surface area contributed by atoms with E-state index in [4.69, 9.17) is 0 Å². The van der Waals surface area contributed by atoms with E-state index in [1.54, 1.807) is 22.0 Å². The first-order valence-electron chi connectivity index (χ1n) is 9.53. The highest BCUT2D eigenvalue weighted by Crippen LogP contribution is 2.25. The number of carbonyl (C=O) groups excluding carboxylic acids is 1. The van der Waals surface area contributed by atoms with Crippen molar-refractivity contribution < 1.29 is 4.79 Å². The minimum Gasteiger partial charge on any atom is -0.347 e. The minimum absolute atomic E-state index is 0.118. The first-order valence-corrected chi connectivity index (χ1v) is 9.53. The van der Waals surface area contributed by atoms with Gasteiger partial charge in [-0.05, 0) is 29.7 Å². The molecule has 0 aliphatic rings. The molecule has 29 heavy (non-hydrogen) atoms. The molecular weight excluding hydrogens is 362 g/mol. The number of hydrogen-bond donors (Lipinski definition) is 1. The van der Waals surface area contributed by atoms with E-state index < -0.39 is 0 Å². The van der Waals surface area contributed by atoms with Gasteiger partial charge in [0.05, 0.1) is 6.54 Å². The number of nitrogens with zero attached hydrogens (tertiary/aromatic N) is 4. The molecule has 6 heteroatoms. The summed E-state index contributed by atoms with van der Waals surface area (Å²) in [5.74, 6) is 0.621. The standard InChI is InChI=1S/C23H23N5O/c1-17-14-21(26-27(17)2)23(29)28(16-22-24-12-13-25-22)15-19-10-6-7-11-20(19)18-8-4-3-5-9-18/h3-14H,15-16H2,1-2H3,(H,24,25). The summed E-state index contributed by atoms with van der Waals surface area (Å²) < 4.78 is 1.72. The number of H-pyrrole nitrogens is 1. The van der Waals surface area contributed by atoms with Crippen molar-refractivity contribution in [3.63, 3.8) is 0 Å². The first-order chi connectivity index (χ1) is 14.1. The quantitative estimate of drug-likeness (QED) is 0.546. The second-order valence-corrected chi connectivity index (χ2v) is 7.01. The summed E-state index contributed by atoms with van der Waals surface area (Å²) in [6.45, 7) is 2.77. The summed E-state index contributed by atoms with van der Waals surface area (Å²) in [5.41, 5.74) is 4.70. The Morgan fingerprint density at radius 1 is 1.07 bits per heavy atom. The lowest BCUT2D eigenvalue weighted by molar-refractivity contribution is 0.0719. The molecule has 0 unspecified atom stereocenters. The molecule has 1 amide bonds. The van der Waals surface area contributed by atoms with Gasteiger partial charge >= 0.3 is 0 Å². The molecule has 0 aliphatic heterocycles. The number of aromatic amines is 1. The number of nitrogens with one attached hydrogen (secondary N) is 1. The molecule has 0 bridgehead atoms. The van der Waals surface area contributed by atoms with E-state index >= 15 is 0 Å². The number of benzene rings is 2. The zero-order valence-electron chi connectivity index (χ0n) is 16.5. The van der Waals surface area contributed by atoms with E-state index in [1.807, 2.05) is 50.4 Å². The van der Waals surface area contributed by atoms with Crippen molar-refractivity contribution in [3.8, 4) is 11.1 Å². The van der Waals surface area contributed by atoms with E-state index in [9.17, 15) is 4.79 Å². The van der Waals surface area contributed by atoms with Gasteiger partial charge in [-0.15, -0.1) is 0 Å². The van der Waals surface area contributed by atoms with E-state index in [2.05, 4.69) is 39.3 Å². The van der Waals surface area contributed by atoms with Crippen LogP contribution >= 0.6 is 0 Å². The summed E-state index contributed by atoms with van der Waals surface area (Å²) in [4.78, 5) is 22.5. The molecule has 0 radical (unpaired) electrons. The lowest BCUT2D eigenvalue weighted by Gasteiger charge is -2.22. The summed E-state index contributed by atoms with van der Waals surface area (Å²) >= 11 is 0. The zero-order chi connectivity index (χ0) is 20.2. The molecule has 0 spiro atoms. The molecule has 0 saturated heterocycles. The maximum atomic E-state index is 13.3. The van der Waals surface area contributed by atoms with E-state index in [1.165, 1.54) is 0 Å². The number of aryl methyl sites for hydroxylation is 2. The Hall–Kier alpha value is -3.67. The topological polar surface area (TPSA) is 66.8 Å². The van der Waals surface area contributed by atoms with Crippen molar-refractivity contribution in [2.45, 2.75) is 20.0 Å². The highest BCUT2D eigenvalue weighted by Gasteiger charge is 2.22. The molecule has 4 aromatic rings. The van der Waals surface area contributed by atoms with Crippen LogP contribution in [-0.4, -0.2) is 30.6 Å². The molecule has 2 heterocycles. The lowest BCUT2D eigenvalue weighted by Crippen LogP contribution is -2.31. The van der Waals surface area contributed by atoms with Crippen LogP contribution in [0, 0.1) is 6.92 Å². The largest absolute Gasteiger partial charge is 0.347 e. The van der Waals surface area contributed by atoms with Crippen LogP contribution in [0.4, 0.5) is 0 Å². The molecule has 0 atom stereocenters. The van der Waals surface area contributed by atoms with Gasteiger partial charge in [-0.3, -0.25) is 9.48 Å². The Bertz CT molecular complexity index is 1080. The number of amides is 1. The number of hydrogen-bond acceptors (Lipinski definition) is 3. The number of carbonyl (C=O) groups is 1. The molecular formula is C23H23N5O. The van der Waals surface area contributed by atoms with Crippen LogP contribution in [0.25, 0.3) is 11.1 Å². The van der Waals surface area contributed by atoms with Gasteiger partial charge in [0.2, 0.25) is 0 Å². The fourth-order valence-electron chi connectivity index (χ4n) is 3.35. The van der Waals surface area contributed by atoms with Gasteiger partial charge in [-0.25, -0.2) is 4.98 Å². The van der Waals surface area contributed by atoms with Crippen molar-refractivity contribution in [2.24, 2.45) is 7.05 Å². The second-order valence-electron chi connectivity index (χ2n) is 7.01. The molecule has 2 aromatic heterocycles. The summed E-state index contributed by atoms with van der Waals surface area (Å²) in [6.07, 6.45) is 3.46. The molecule has 146 valence electrons. The average molecular weight is 385 g/mol. The monoisotopic (exact) mass is 385 g/mol. The van der Waals surface area contributed by atoms with Crippen LogP contribution in [0.1, 0.15) is 27.6 Å². The Morgan fingerprint density at radius 3 is 2.52 bits per heavy atom. The Balaban J connectivity index is 1.68. The van der Waals surface area contributed by atoms with Gasteiger partial charge in [0.1, 0.15) is 5.82 Å². The number of imidazole rings is 1.